The van der Waals surface area contributed by atoms with Crippen molar-refractivity contribution in [1.82, 2.24) is 4.98 Å². The third kappa shape index (κ3) is 3.91. The fraction of sp³-hybridized carbons (Fsp3) is 0.500. The number of allylic oxidation sites excluding steroid dienone is 2. The maximum atomic E-state index is 14.3. The van der Waals surface area contributed by atoms with Crippen LogP contribution in [0.4, 0.5) is 10.1 Å². The van der Waals surface area contributed by atoms with Gasteiger partial charge >= 0.3 is 0 Å². The van der Waals surface area contributed by atoms with Crippen LogP contribution in [0.25, 0.3) is 16.8 Å². The quantitative estimate of drug-likeness (QED) is 0.499. The number of methoxy groups -OCH3 is 1. The van der Waals surface area contributed by atoms with Gasteiger partial charge in [0.1, 0.15) is 5.82 Å². The third-order valence-electron chi connectivity index (χ3n) is 6.81. The van der Waals surface area contributed by atoms with E-state index in [9.17, 15) is 4.39 Å². The van der Waals surface area contributed by atoms with Gasteiger partial charge in [-0.2, -0.15) is 0 Å². The highest BCUT2D eigenvalue weighted by molar-refractivity contribution is 7.99. The van der Waals surface area contributed by atoms with E-state index in [1.165, 1.54) is 39.8 Å². The van der Waals surface area contributed by atoms with Crippen molar-refractivity contribution in [2.24, 2.45) is 5.41 Å². The Morgan fingerprint density at radius 2 is 2.10 bits per heavy atom. The number of aromatic nitrogens is 1. The van der Waals surface area contributed by atoms with Gasteiger partial charge in [0.2, 0.25) is 0 Å². The van der Waals surface area contributed by atoms with Crippen LogP contribution < -0.4 is 5.32 Å². The lowest BCUT2D eigenvalue weighted by atomic mass is 9.75. The highest BCUT2D eigenvalue weighted by atomic mass is 32.2. The molecule has 0 spiro atoms. The zero-order valence-corrected chi connectivity index (χ0v) is 20.3. The van der Waals surface area contributed by atoms with Crippen molar-refractivity contribution in [3.05, 3.63) is 46.4 Å². The summed E-state index contributed by atoms with van der Waals surface area (Å²) in [5.41, 5.74) is 9.82. The maximum absolute atomic E-state index is 14.3. The average Bonchev–Trinajstić information content (AvgIpc) is 2.84. The van der Waals surface area contributed by atoms with E-state index in [1.807, 2.05) is 0 Å². The molecule has 0 saturated carbocycles. The predicted octanol–water partition coefficient (Wildman–Crippen LogP) is 7.19. The van der Waals surface area contributed by atoms with Crippen molar-refractivity contribution in [2.45, 2.75) is 64.3 Å². The Kier molecular flexibility index (Phi) is 6.19. The summed E-state index contributed by atoms with van der Waals surface area (Å²) in [6, 6.07) is 1.47. The lowest BCUT2D eigenvalue weighted by Crippen LogP contribution is -2.18. The molecule has 0 fully saturated rings. The van der Waals surface area contributed by atoms with E-state index in [-0.39, 0.29) is 11.9 Å². The summed E-state index contributed by atoms with van der Waals surface area (Å²) in [5, 5.41) is 3.75. The van der Waals surface area contributed by atoms with Crippen molar-refractivity contribution in [3.63, 3.8) is 0 Å². The summed E-state index contributed by atoms with van der Waals surface area (Å²) in [7, 11) is 1.69. The normalized spacial score (nSPS) is 19.3. The van der Waals surface area contributed by atoms with E-state index in [0.717, 1.165) is 41.8 Å². The summed E-state index contributed by atoms with van der Waals surface area (Å²) in [6.07, 6.45) is 10.2. The van der Waals surface area contributed by atoms with Crippen molar-refractivity contribution in [2.75, 3.05) is 25.3 Å². The number of nitrogens with zero attached hydrogens (tertiary/aromatic N) is 1. The second-order valence-corrected chi connectivity index (χ2v) is 10.3. The van der Waals surface area contributed by atoms with Gasteiger partial charge in [0.25, 0.3) is 0 Å². The largest absolute Gasteiger partial charge is 0.382 e. The van der Waals surface area contributed by atoms with Crippen molar-refractivity contribution in [1.29, 1.82) is 0 Å². The molecule has 1 aliphatic heterocycles. The van der Waals surface area contributed by atoms with E-state index >= 15 is 0 Å². The molecule has 2 bridgehead atoms. The fourth-order valence-electron chi connectivity index (χ4n) is 5.12. The number of thioether (sulfide) groups is 1. The predicted molar refractivity (Wildman–Crippen MR) is 129 cm³/mol. The minimum Gasteiger partial charge on any atom is -0.382 e. The molecule has 0 unspecified atom stereocenters. The summed E-state index contributed by atoms with van der Waals surface area (Å²) < 4.78 is 19.8. The summed E-state index contributed by atoms with van der Waals surface area (Å²) in [6.45, 7) is 9.61. The van der Waals surface area contributed by atoms with E-state index in [0.29, 0.717) is 12.0 Å². The fourth-order valence-corrected chi connectivity index (χ4v) is 5.96. The molecule has 3 nitrogen and oxygen atoms in total. The number of fused-ring (bicyclic) bond motifs is 4. The second kappa shape index (κ2) is 8.59. The summed E-state index contributed by atoms with van der Waals surface area (Å²) >= 11 is 1.74. The lowest BCUT2D eigenvalue weighted by molar-refractivity contribution is 0.186. The molecule has 1 atom stereocenters. The SMILES string of the molecule is CCc1c2c(SC)c(c(C)c1C1=CCC(C)(C)CC1)-c1ncc(F)cc1[C@H](COC)N2. The van der Waals surface area contributed by atoms with Crippen molar-refractivity contribution >= 4 is 23.0 Å². The Morgan fingerprint density at radius 1 is 1.32 bits per heavy atom. The molecule has 31 heavy (non-hydrogen) atoms. The van der Waals surface area contributed by atoms with Crippen LogP contribution in [0.2, 0.25) is 0 Å². The number of benzene rings is 1. The molecule has 5 heteroatoms. The van der Waals surface area contributed by atoms with Gasteiger partial charge in [-0.25, -0.2) is 4.39 Å². The van der Waals surface area contributed by atoms with Gasteiger partial charge < -0.3 is 10.1 Å². The Bertz CT molecular complexity index is 1040. The summed E-state index contributed by atoms with van der Waals surface area (Å²) in [5.74, 6) is -0.312. The number of rotatable bonds is 5. The molecule has 0 amide bonds. The number of nitrogens with one attached hydrogen (secondary N) is 1. The Morgan fingerprint density at radius 3 is 2.71 bits per heavy atom. The highest BCUT2D eigenvalue weighted by Gasteiger charge is 2.33. The minimum atomic E-state index is -0.312. The van der Waals surface area contributed by atoms with Gasteiger partial charge in [-0.3, -0.25) is 4.98 Å². The van der Waals surface area contributed by atoms with Crippen LogP contribution >= 0.6 is 11.8 Å². The zero-order valence-electron chi connectivity index (χ0n) is 19.5. The van der Waals surface area contributed by atoms with E-state index < -0.39 is 0 Å². The molecule has 0 saturated heterocycles. The standard InChI is InChI=1S/C26H33FN2OS/c1-7-18-21(16-8-10-26(3,4)11-9-16)15(2)22-23-19(12-17(27)13-28-23)20(14-30-5)29-24(18)25(22)31-6/h8,12-13,20,29H,7,9-11,14H2,1-6H3/t20-/m0/s1. The number of ether oxygens (including phenoxy) is 1. The van der Waals surface area contributed by atoms with Crippen LogP contribution in [-0.4, -0.2) is 25.0 Å². The summed E-state index contributed by atoms with van der Waals surface area (Å²) in [4.78, 5) is 5.82. The van der Waals surface area contributed by atoms with Crippen LogP contribution in [0.15, 0.2) is 23.2 Å². The molecular weight excluding hydrogens is 407 g/mol. The van der Waals surface area contributed by atoms with Crippen LogP contribution in [0.3, 0.4) is 0 Å². The smallest absolute Gasteiger partial charge is 0.141 e. The van der Waals surface area contributed by atoms with E-state index in [2.05, 4.69) is 50.3 Å². The molecule has 2 aliphatic rings. The number of pyridine rings is 1. The Hall–Kier alpha value is -1.85. The van der Waals surface area contributed by atoms with Crippen LogP contribution in [0.5, 0.6) is 0 Å². The monoisotopic (exact) mass is 440 g/mol. The van der Waals surface area contributed by atoms with Crippen LogP contribution in [-0.2, 0) is 11.2 Å². The Labute approximate surface area is 189 Å². The van der Waals surface area contributed by atoms with Crippen LogP contribution in [0.1, 0.15) is 68.3 Å². The van der Waals surface area contributed by atoms with E-state index in [4.69, 9.17) is 4.74 Å². The molecule has 1 aromatic heterocycles. The number of anilines is 1. The molecular formula is C26H33FN2OS. The highest BCUT2D eigenvalue weighted by Crippen LogP contribution is 2.51. The van der Waals surface area contributed by atoms with Gasteiger partial charge in [0, 0.05) is 23.1 Å². The van der Waals surface area contributed by atoms with Crippen LogP contribution in [0, 0.1) is 18.2 Å². The third-order valence-corrected chi connectivity index (χ3v) is 7.62. The van der Waals surface area contributed by atoms with E-state index in [1.54, 1.807) is 24.9 Å². The van der Waals surface area contributed by atoms with Crippen molar-refractivity contribution < 1.29 is 9.13 Å². The van der Waals surface area contributed by atoms with Gasteiger partial charge in [-0.05, 0) is 72.6 Å². The molecule has 1 N–H and O–H groups in total. The number of hydrogen-bond acceptors (Lipinski definition) is 4. The molecule has 1 aromatic carbocycles. The lowest BCUT2D eigenvalue weighted by Gasteiger charge is -2.31. The first-order valence-corrected chi connectivity index (χ1v) is 12.4. The first-order valence-electron chi connectivity index (χ1n) is 11.1. The molecule has 1 aliphatic carbocycles. The minimum absolute atomic E-state index is 0.147. The zero-order chi connectivity index (χ0) is 22.3. The van der Waals surface area contributed by atoms with Gasteiger partial charge in [-0.15, -0.1) is 11.8 Å². The molecule has 2 aromatic rings. The number of hydrogen-bond donors (Lipinski definition) is 1. The molecule has 166 valence electrons. The van der Waals surface area contributed by atoms with Gasteiger partial charge in [0.15, 0.2) is 0 Å². The molecule has 2 heterocycles. The first-order chi connectivity index (χ1) is 14.8. The Balaban J connectivity index is 2.03. The molecule has 4 rings (SSSR count). The van der Waals surface area contributed by atoms with Gasteiger partial charge in [0.05, 0.1) is 30.2 Å². The van der Waals surface area contributed by atoms with Gasteiger partial charge in [-0.1, -0.05) is 26.8 Å². The second-order valence-electron chi connectivity index (χ2n) is 9.46. The molecule has 0 radical (unpaired) electrons. The van der Waals surface area contributed by atoms with Crippen molar-refractivity contribution in [3.8, 4) is 11.3 Å². The first kappa shape index (κ1) is 22.3. The maximum Gasteiger partial charge on any atom is 0.141 e. The average molecular weight is 441 g/mol. The number of halogens is 1. The topological polar surface area (TPSA) is 34.1 Å².